The standard InChI is InChI=1S/C14H17N3O/c1-17-7-6-11(16-17)9-18-12-3-4-13-10(8-12)2-5-14(13)15/h3-4,6-8,14H,2,5,9,15H2,1H3/t14-/m0/s1. The lowest BCUT2D eigenvalue weighted by atomic mass is 10.1. The van der Waals surface area contributed by atoms with Crippen LogP contribution in [0.15, 0.2) is 30.5 Å². The summed E-state index contributed by atoms with van der Waals surface area (Å²) in [5.74, 6) is 0.897. The zero-order chi connectivity index (χ0) is 12.5. The second-order valence-corrected chi connectivity index (χ2v) is 4.78. The maximum absolute atomic E-state index is 6.01. The summed E-state index contributed by atoms with van der Waals surface area (Å²) < 4.78 is 7.53. The van der Waals surface area contributed by atoms with Crippen molar-refractivity contribution in [2.75, 3.05) is 0 Å². The lowest BCUT2D eigenvalue weighted by molar-refractivity contribution is 0.300. The Kier molecular flexibility index (Phi) is 2.80. The number of ether oxygens (including phenoxy) is 1. The second-order valence-electron chi connectivity index (χ2n) is 4.78. The van der Waals surface area contributed by atoms with E-state index in [2.05, 4.69) is 17.2 Å². The van der Waals surface area contributed by atoms with E-state index in [0.717, 1.165) is 24.3 Å². The maximum atomic E-state index is 6.01. The Bertz CT molecular complexity index is 562. The molecule has 4 nitrogen and oxygen atoms in total. The van der Waals surface area contributed by atoms with E-state index >= 15 is 0 Å². The first-order chi connectivity index (χ1) is 8.72. The Labute approximate surface area is 106 Å². The number of hydrogen-bond donors (Lipinski definition) is 1. The molecule has 0 fully saturated rings. The first-order valence-corrected chi connectivity index (χ1v) is 6.22. The van der Waals surface area contributed by atoms with Crippen LogP contribution in [-0.2, 0) is 20.1 Å². The van der Waals surface area contributed by atoms with Crippen LogP contribution in [-0.4, -0.2) is 9.78 Å². The lowest BCUT2D eigenvalue weighted by Crippen LogP contribution is -2.05. The van der Waals surface area contributed by atoms with E-state index in [9.17, 15) is 0 Å². The van der Waals surface area contributed by atoms with Gasteiger partial charge in [0.25, 0.3) is 0 Å². The predicted molar refractivity (Wildman–Crippen MR) is 69.2 cm³/mol. The predicted octanol–water partition coefficient (Wildman–Crippen LogP) is 1.95. The quantitative estimate of drug-likeness (QED) is 0.896. The van der Waals surface area contributed by atoms with E-state index < -0.39 is 0 Å². The van der Waals surface area contributed by atoms with Crippen molar-refractivity contribution in [3.05, 3.63) is 47.3 Å². The normalized spacial score (nSPS) is 17.8. The van der Waals surface area contributed by atoms with Crippen molar-refractivity contribution in [3.8, 4) is 5.75 Å². The topological polar surface area (TPSA) is 53.1 Å². The van der Waals surface area contributed by atoms with E-state index in [0.29, 0.717) is 6.61 Å². The molecule has 1 aromatic carbocycles. The molecule has 94 valence electrons. The van der Waals surface area contributed by atoms with Crippen molar-refractivity contribution in [2.45, 2.75) is 25.5 Å². The molecule has 0 spiro atoms. The molecule has 0 unspecified atom stereocenters. The van der Waals surface area contributed by atoms with Gasteiger partial charge >= 0.3 is 0 Å². The Morgan fingerprint density at radius 3 is 3.11 bits per heavy atom. The molecule has 3 rings (SSSR count). The molecule has 0 radical (unpaired) electrons. The fourth-order valence-corrected chi connectivity index (χ4v) is 2.41. The van der Waals surface area contributed by atoms with Crippen molar-refractivity contribution in [2.24, 2.45) is 12.8 Å². The minimum Gasteiger partial charge on any atom is -0.487 e. The third-order valence-corrected chi connectivity index (χ3v) is 3.39. The molecular weight excluding hydrogens is 226 g/mol. The average Bonchev–Trinajstić information content (AvgIpc) is 2.94. The molecule has 0 bridgehead atoms. The largest absolute Gasteiger partial charge is 0.487 e. The highest BCUT2D eigenvalue weighted by atomic mass is 16.5. The van der Waals surface area contributed by atoms with Crippen LogP contribution in [0.1, 0.15) is 29.3 Å². The third-order valence-electron chi connectivity index (χ3n) is 3.39. The third kappa shape index (κ3) is 2.11. The fourth-order valence-electron chi connectivity index (χ4n) is 2.41. The smallest absolute Gasteiger partial charge is 0.132 e. The summed E-state index contributed by atoms with van der Waals surface area (Å²) in [6, 6.07) is 8.34. The van der Waals surface area contributed by atoms with Gasteiger partial charge < -0.3 is 10.5 Å². The van der Waals surface area contributed by atoms with E-state index in [4.69, 9.17) is 10.5 Å². The van der Waals surface area contributed by atoms with Gasteiger partial charge in [0.1, 0.15) is 12.4 Å². The van der Waals surface area contributed by atoms with Gasteiger partial charge in [0.05, 0.1) is 5.69 Å². The number of hydrogen-bond acceptors (Lipinski definition) is 3. The number of nitrogens with zero attached hydrogens (tertiary/aromatic N) is 2. The molecule has 1 aliphatic rings. The number of benzene rings is 1. The Morgan fingerprint density at radius 2 is 2.33 bits per heavy atom. The van der Waals surface area contributed by atoms with Crippen LogP contribution in [0.3, 0.4) is 0 Å². The molecule has 1 aromatic heterocycles. The van der Waals surface area contributed by atoms with Gasteiger partial charge in [0.15, 0.2) is 0 Å². The molecular formula is C14H17N3O. The van der Waals surface area contributed by atoms with Gasteiger partial charge in [-0.15, -0.1) is 0 Å². The fraction of sp³-hybridized carbons (Fsp3) is 0.357. The van der Waals surface area contributed by atoms with Crippen LogP contribution in [0.2, 0.25) is 0 Å². The molecule has 4 heteroatoms. The van der Waals surface area contributed by atoms with E-state index in [1.165, 1.54) is 11.1 Å². The highest BCUT2D eigenvalue weighted by molar-refractivity contribution is 5.40. The monoisotopic (exact) mass is 243 g/mol. The number of rotatable bonds is 3. The minimum atomic E-state index is 0.199. The maximum Gasteiger partial charge on any atom is 0.132 e. The van der Waals surface area contributed by atoms with Crippen LogP contribution in [0, 0.1) is 0 Å². The van der Waals surface area contributed by atoms with Gasteiger partial charge in [0.2, 0.25) is 0 Å². The number of aromatic nitrogens is 2. The Balaban J connectivity index is 1.70. The Morgan fingerprint density at radius 1 is 1.44 bits per heavy atom. The molecule has 0 saturated heterocycles. The summed E-state index contributed by atoms with van der Waals surface area (Å²) in [7, 11) is 1.90. The van der Waals surface area contributed by atoms with Gasteiger partial charge in [-0.1, -0.05) is 6.07 Å². The lowest BCUT2D eigenvalue weighted by Gasteiger charge is -2.08. The number of fused-ring (bicyclic) bond motifs is 1. The highest BCUT2D eigenvalue weighted by Crippen LogP contribution is 2.31. The van der Waals surface area contributed by atoms with Crippen LogP contribution >= 0.6 is 0 Å². The Hall–Kier alpha value is -1.81. The van der Waals surface area contributed by atoms with Gasteiger partial charge in [-0.25, -0.2) is 0 Å². The molecule has 1 heterocycles. The minimum absolute atomic E-state index is 0.199. The van der Waals surface area contributed by atoms with Crippen LogP contribution < -0.4 is 10.5 Å². The van der Waals surface area contributed by atoms with Crippen molar-refractivity contribution in [1.82, 2.24) is 9.78 Å². The molecule has 2 N–H and O–H groups in total. The van der Waals surface area contributed by atoms with Gasteiger partial charge in [-0.05, 0) is 42.2 Å². The molecule has 2 aromatic rings. The second kappa shape index (κ2) is 4.46. The van der Waals surface area contributed by atoms with Crippen LogP contribution in [0.4, 0.5) is 0 Å². The molecule has 1 aliphatic carbocycles. The first kappa shape index (κ1) is 11.3. The summed E-state index contributed by atoms with van der Waals surface area (Å²) >= 11 is 0. The summed E-state index contributed by atoms with van der Waals surface area (Å²) in [4.78, 5) is 0. The van der Waals surface area contributed by atoms with Crippen molar-refractivity contribution in [1.29, 1.82) is 0 Å². The van der Waals surface area contributed by atoms with Crippen molar-refractivity contribution in [3.63, 3.8) is 0 Å². The highest BCUT2D eigenvalue weighted by Gasteiger charge is 2.19. The summed E-state index contributed by atoms with van der Waals surface area (Å²) in [5.41, 5.74) is 9.53. The van der Waals surface area contributed by atoms with Crippen LogP contribution in [0.25, 0.3) is 0 Å². The first-order valence-electron chi connectivity index (χ1n) is 6.22. The van der Waals surface area contributed by atoms with Crippen molar-refractivity contribution < 1.29 is 4.74 Å². The summed E-state index contributed by atoms with van der Waals surface area (Å²) in [5, 5.41) is 4.28. The SMILES string of the molecule is Cn1ccc(COc2ccc3c(c2)CC[C@@H]3N)n1. The van der Waals surface area contributed by atoms with E-state index in [1.54, 1.807) is 4.68 Å². The van der Waals surface area contributed by atoms with E-state index in [1.807, 2.05) is 25.4 Å². The number of nitrogens with two attached hydrogens (primary N) is 1. The summed E-state index contributed by atoms with van der Waals surface area (Å²) in [6.07, 6.45) is 4.01. The zero-order valence-electron chi connectivity index (χ0n) is 10.5. The average molecular weight is 243 g/mol. The number of aryl methyl sites for hydroxylation is 2. The molecule has 1 atom stereocenters. The van der Waals surface area contributed by atoms with Crippen molar-refractivity contribution >= 4 is 0 Å². The molecule has 0 amide bonds. The van der Waals surface area contributed by atoms with E-state index in [-0.39, 0.29) is 6.04 Å². The van der Waals surface area contributed by atoms with Gasteiger partial charge in [-0.3, -0.25) is 4.68 Å². The van der Waals surface area contributed by atoms with Gasteiger partial charge in [0, 0.05) is 19.3 Å². The molecule has 0 saturated carbocycles. The summed E-state index contributed by atoms with van der Waals surface area (Å²) in [6.45, 7) is 0.506. The zero-order valence-corrected chi connectivity index (χ0v) is 10.5. The molecule has 0 aliphatic heterocycles. The van der Waals surface area contributed by atoms with Crippen LogP contribution in [0.5, 0.6) is 5.75 Å². The molecule has 18 heavy (non-hydrogen) atoms. The van der Waals surface area contributed by atoms with Gasteiger partial charge in [-0.2, -0.15) is 5.10 Å².